The van der Waals surface area contributed by atoms with Gasteiger partial charge in [-0.3, -0.25) is 14.4 Å². The quantitative estimate of drug-likeness (QED) is 0.250. The maximum Gasteiger partial charge on any atom is 0.326 e. The van der Waals surface area contributed by atoms with Gasteiger partial charge in [-0.2, -0.15) is 0 Å². The summed E-state index contributed by atoms with van der Waals surface area (Å²) >= 11 is 0. The Morgan fingerprint density at radius 3 is 2.50 bits per heavy atom. The van der Waals surface area contributed by atoms with E-state index in [9.17, 15) is 24.3 Å². The van der Waals surface area contributed by atoms with Crippen LogP contribution in [0.4, 0.5) is 0 Å². The number of aromatic nitrogens is 2. The normalized spacial score (nSPS) is 21.9. The van der Waals surface area contributed by atoms with Gasteiger partial charge in [-0.05, 0) is 51.5 Å². The molecule has 2 saturated heterocycles. The highest BCUT2D eigenvalue weighted by molar-refractivity contribution is 5.94. The number of carboxylic acids is 1. The second-order valence-corrected chi connectivity index (χ2v) is 8.95. The molecule has 188 valence electrons. The number of unbranched alkanes of at least 4 members (excludes halogenated alkanes) is 1. The third kappa shape index (κ3) is 6.11. The minimum Gasteiger partial charge on any atom is -0.480 e. The van der Waals surface area contributed by atoms with Gasteiger partial charge in [-0.15, -0.1) is 0 Å². The molecule has 0 spiro atoms. The molecule has 4 atom stereocenters. The Kier molecular flexibility index (Phi) is 8.99. The standard InChI is InChI=1S/C22H35N7O5/c23-8-2-1-5-16(22(33)34)27-19(30)17-6-3-9-28(17)21(32)18-7-4-10-29(18)20(31)15(24)11-14-12-25-13-26-14/h12-13,15-18H,1-11,23-24H2,(H,25,26)(H,27,30)(H,33,34). The molecule has 0 aliphatic carbocycles. The molecular weight excluding hydrogens is 442 g/mol. The molecule has 2 fully saturated rings. The first kappa shape index (κ1) is 25.6. The van der Waals surface area contributed by atoms with E-state index in [-0.39, 0.29) is 24.7 Å². The molecule has 3 amide bonds. The van der Waals surface area contributed by atoms with Crippen LogP contribution in [0.25, 0.3) is 0 Å². The van der Waals surface area contributed by atoms with E-state index in [0.29, 0.717) is 58.2 Å². The van der Waals surface area contributed by atoms with Crippen LogP contribution in [0.3, 0.4) is 0 Å². The van der Waals surface area contributed by atoms with E-state index >= 15 is 0 Å². The van der Waals surface area contributed by atoms with Crippen molar-refractivity contribution in [1.29, 1.82) is 0 Å². The smallest absolute Gasteiger partial charge is 0.326 e. The Morgan fingerprint density at radius 2 is 1.85 bits per heavy atom. The zero-order valence-electron chi connectivity index (χ0n) is 19.3. The number of likely N-dealkylation sites (tertiary alicyclic amines) is 2. The first-order valence-electron chi connectivity index (χ1n) is 11.9. The van der Waals surface area contributed by atoms with Gasteiger partial charge in [-0.1, -0.05) is 0 Å². The fraction of sp³-hybridized carbons (Fsp3) is 0.682. The lowest BCUT2D eigenvalue weighted by Crippen LogP contribution is -2.56. The van der Waals surface area contributed by atoms with Gasteiger partial charge in [0.2, 0.25) is 17.7 Å². The first-order valence-corrected chi connectivity index (χ1v) is 11.9. The molecule has 12 heteroatoms. The molecule has 0 bridgehead atoms. The lowest BCUT2D eigenvalue weighted by Gasteiger charge is -2.32. The number of amides is 3. The summed E-state index contributed by atoms with van der Waals surface area (Å²) in [6.07, 6.45) is 7.19. The molecule has 2 aliphatic heterocycles. The number of nitrogens with two attached hydrogens (primary N) is 2. The van der Waals surface area contributed by atoms with Crippen molar-refractivity contribution >= 4 is 23.7 Å². The molecule has 2 aliphatic rings. The van der Waals surface area contributed by atoms with E-state index in [1.165, 1.54) is 16.1 Å². The number of hydrogen-bond acceptors (Lipinski definition) is 7. The highest BCUT2D eigenvalue weighted by atomic mass is 16.4. The molecule has 1 aromatic rings. The van der Waals surface area contributed by atoms with E-state index in [2.05, 4.69) is 15.3 Å². The Morgan fingerprint density at radius 1 is 1.15 bits per heavy atom. The van der Waals surface area contributed by atoms with Crippen LogP contribution in [-0.2, 0) is 25.6 Å². The Balaban J connectivity index is 1.63. The Labute approximate surface area is 198 Å². The van der Waals surface area contributed by atoms with Gasteiger partial charge in [0.25, 0.3) is 0 Å². The van der Waals surface area contributed by atoms with Gasteiger partial charge in [-0.25, -0.2) is 9.78 Å². The van der Waals surface area contributed by atoms with Gasteiger partial charge in [0.1, 0.15) is 18.1 Å². The van der Waals surface area contributed by atoms with Crippen molar-refractivity contribution in [2.45, 2.75) is 75.5 Å². The predicted molar refractivity (Wildman–Crippen MR) is 122 cm³/mol. The lowest BCUT2D eigenvalue weighted by atomic mass is 10.1. The zero-order valence-corrected chi connectivity index (χ0v) is 19.3. The van der Waals surface area contributed by atoms with Gasteiger partial charge >= 0.3 is 5.97 Å². The maximum absolute atomic E-state index is 13.4. The number of nitrogens with one attached hydrogen (secondary N) is 2. The molecular formula is C22H35N7O5. The van der Waals surface area contributed by atoms with Gasteiger partial charge in [0.15, 0.2) is 0 Å². The number of hydrogen-bond donors (Lipinski definition) is 5. The topological polar surface area (TPSA) is 188 Å². The molecule has 0 saturated carbocycles. The van der Waals surface area contributed by atoms with Crippen LogP contribution in [0.5, 0.6) is 0 Å². The maximum atomic E-state index is 13.4. The van der Waals surface area contributed by atoms with Crippen molar-refractivity contribution in [1.82, 2.24) is 25.1 Å². The van der Waals surface area contributed by atoms with Crippen molar-refractivity contribution in [2.75, 3.05) is 19.6 Å². The third-order valence-electron chi connectivity index (χ3n) is 6.53. The second-order valence-electron chi connectivity index (χ2n) is 8.95. The highest BCUT2D eigenvalue weighted by Crippen LogP contribution is 2.26. The summed E-state index contributed by atoms with van der Waals surface area (Å²) in [7, 11) is 0. The summed E-state index contributed by atoms with van der Waals surface area (Å²) in [5.74, 6) is -2.18. The fourth-order valence-corrected chi connectivity index (χ4v) is 4.73. The van der Waals surface area contributed by atoms with Gasteiger partial charge in [0, 0.05) is 31.4 Å². The van der Waals surface area contributed by atoms with E-state index < -0.39 is 36.0 Å². The number of carbonyl (C=O) groups excluding carboxylic acids is 3. The number of carbonyl (C=O) groups is 4. The molecule has 0 aromatic carbocycles. The van der Waals surface area contributed by atoms with Crippen molar-refractivity contribution in [3.05, 3.63) is 18.2 Å². The van der Waals surface area contributed by atoms with Crippen LogP contribution in [0.2, 0.25) is 0 Å². The molecule has 34 heavy (non-hydrogen) atoms. The third-order valence-corrected chi connectivity index (χ3v) is 6.53. The number of H-pyrrole nitrogens is 1. The summed E-state index contributed by atoms with van der Waals surface area (Å²) in [4.78, 5) is 60.8. The molecule has 4 unspecified atom stereocenters. The van der Waals surface area contributed by atoms with E-state index in [1.807, 2.05) is 0 Å². The van der Waals surface area contributed by atoms with E-state index in [4.69, 9.17) is 11.5 Å². The molecule has 1 aromatic heterocycles. The number of nitrogens with zero attached hydrogens (tertiary/aromatic N) is 3. The van der Waals surface area contributed by atoms with Crippen molar-refractivity contribution < 1.29 is 24.3 Å². The number of aliphatic carboxylic acids is 1. The largest absolute Gasteiger partial charge is 0.480 e. The van der Waals surface area contributed by atoms with E-state index in [0.717, 1.165) is 5.69 Å². The number of aromatic amines is 1. The molecule has 7 N–H and O–H groups in total. The van der Waals surface area contributed by atoms with Crippen LogP contribution in [-0.4, -0.2) is 92.4 Å². The number of imidazole rings is 1. The number of rotatable bonds is 11. The van der Waals surface area contributed by atoms with Crippen molar-refractivity contribution in [3.63, 3.8) is 0 Å². The van der Waals surface area contributed by atoms with Crippen LogP contribution < -0.4 is 16.8 Å². The first-order chi connectivity index (χ1) is 16.3. The fourth-order valence-electron chi connectivity index (χ4n) is 4.73. The predicted octanol–water partition coefficient (Wildman–Crippen LogP) is -1.04. The van der Waals surface area contributed by atoms with Gasteiger partial charge < -0.3 is 36.7 Å². The SMILES string of the molecule is NCCCCC(NC(=O)C1CCCN1C(=O)C1CCCN1C(=O)C(N)Cc1cnc[nH]1)C(=O)O. The van der Waals surface area contributed by atoms with E-state index in [1.54, 1.807) is 6.20 Å². The van der Waals surface area contributed by atoms with Crippen LogP contribution >= 0.6 is 0 Å². The molecule has 3 rings (SSSR count). The average Bonchev–Trinajstić information content (AvgIpc) is 3.58. The lowest BCUT2D eigenvalue weighted by molar-refractivity contribution is -0.148. The zero-order chi connectivity index (χ0) is 24.7. The van der Waals surface area contributed by atoms with Crippen LogP contribution in [0.15, 0.2) is 12.5 Å². The van der Waals surface area contributed by atoms with Crippen molar-refractivity contribution in [2.24, 2.45) is 11.5 Å². The van der Waals surface area contributed by atoms with Crippen LogP contribution in [0, 0.1) is 0 Å². The Bertz CT molecular complexity index is 862. The average molecular weight is 478 g/mol. The van der Waals surface area contributed by atoms with Crippen LogP contribution in [0.1, 0.15) is 50.6 Å². The monoisotopic (exact) mass is 477 g/mol. The summed E-state index contributed by atoms with van der Waals surface area (Å²) in [6, 6.07) is -3.26. The number of carboxylic acid groups (broad SMARTS) is 1. The summed E-state index contributed by atoms with van der Waals surface area (Å²) in [5.41, 5.74) is 12.3. The van der Waals surface area contributed by atoms with Gasteiger partial charge in [0.05, 0.1) is 12.4 Å². The molecule has 3 heterocycles. The molecule has 0 radical (unpaired) electrons. The Hall–Kier alpha value is -2.99. The minimum atomic E-state index is -1.11. The summed E-state index contributed by atoms with van der Waals surface area (Å²) in [5, 5.41) is 12.0. The van der Waals surface area contributed by atoms with Crippen molar-refractivity contribution in [3.8, 4) is 0 Å². The summed E-state index contributed by atoms with van der Waals surface area (Å²) < 4.78 is 0. The second kappa shape index (κ2) is 11.9. The highest BCUT2D eigenvalue weighted by Gasteiger charge is 2.43. The minimum absolute atomic E-state index is 0.276. The molecule has 12 nitrogen and oxygen atoms in total. The summed E-state index contributed by atoms with van der Waals surface area (Å²) in [6.45, 7) is 1.27.